The molecule has 9 nitrogen and oxygen atoms in total. The number of nitro groups is 1. The molecule has 0 radical (unpaired) electrons. The average Bonchev–Trinajstić information content (AvgIpc) is 3.43. The second kappa shape index (κ2) is 11.2. The number of methoxy groups -OCH3 is 2. The molecule has 0 atom stereocenters. The van der Waals surface area contributed by atoms with Crippen LogP contribution in [0.3, 0.4) is 0 Å². The van der Waals surface area contributed by atoms with E-state index in [-0.39, 0.29) is 5.82 Å². The lowest BCUT2D eigenvalue weighted by Gasteiger charge is -2.39. The standard InChI is InChI=1S/C36H27N5O4/c1-44-28-12-8-26(9-13-28)36(25-6-4-3-5-7-25,27-10-14-29(45-2)15-11-27)40-33-19-20-37-23-31(33)30-16-17-32(39-35(30)40)24-18-21-38-34(22-24)41(42)43/h3-23H,1-2H3. The van der Waals surface area contributed by atoms with E-state index in [0.29, 0.717) is 16.9 Å². The van der Waals surface area contributed by atoms with Gasteiger partial charge in [-0.2, -0.15) is 0 Å². The van der Waals surface area contributed by atoms with Crippen molar-refractivity contribution in [2.75, 3.05) is 14.2 Å². The third kappa shape index (κ3) is 4.53. The van der Waals surface area contributed by atoms with Gasteiger partial charge in [0.25, 0.3) is 0 Å². The van der Waals surface area contributed by atoms with E-state index in [2.05, 4.69) is 50.9 Å². The fourth-order valence-corrected chi connectivity index (χ4v) is 6.14. The summed E-state index contributed by atoms with van der Waals surface area (Å²) >= 11 is 0. The van der Waals surface area contributed by atoms with Crippen LogP contribution in [0.1, 0.15) is 16.7 Å². The first-order valence-electron chi connectivity index (χ1n) is 14.3. The van der Waals surface area contributed by atoms with Gasteiger partial charge >= 0.3 is 5.82 Å². The van der Waals surface area contributed by atoms with Crippen LogP contribution in [0.15, 0.2) is 128 Å². The fraction of sp³-hybridized carbons (Fsp3) is 0.0833. The minimum atomic E-state index is -0.934. The number of pyridine rings is 3. The van der Waals surface area contributed by atoms with Gasteiger partial charge in [0.05, 0.1) is 25.4 Å². The summed E-state index contributed by atoms with van der Waals surface area (Å²) in [6, 6.07) is 35.5. The van der Waals surface area contributed by atoms with Crippen LogP contribution in [0.25, 0.3) is 33.2 Å². The highest BCUT2D eigenvalue weighted by Crippen LogP contribution is 2.46. The number of ether oxygens (including phenoxy) is 2. The first-order valence-corrected chi connectivity index (χ1v) is 14.3. The second-order valence-corrected chi connectivity index (χ2v) is 10.5. The van der Waals surface area contributed by atoms with E-state index in [1.54, 1.807) is 26.5 Å². The summed E-state index contributed by atoms with van der Waals surface area (Å²) in [5, 5.41) is 13.4. The monoisotopic (exact) mass is 593 g/mol. The Morgan fingerprint density at radius 3 is 2.00 bits per heavy atom. The Kier molecular flexibility index (Phi) is 6.90. The Bertz CT molecular complexity index is 2110. The third-order valence-electron chi connectivity index (χ3n) is 8.19. The van der Waals surface area contributed by atoms with E-state index in [1.807, 2.05) is 66.9 Å². The van der Waals surface area contributed by atoms with Crippen LogP contribution in [-0.2, 0) is 5.54 Å². The van der Waals surface area contributed by atoms with Crippen molar-refractivity contribution in [3.8, 4) is 22.8 Å². The number of fused-ring (bicyclic) bond motifs is 3. The summed E-state index contributed by atoms with van der Waals surface area (Å²) in [7, 11) is 3.30. The highest BCUT2D eigenvalue weighted by atomic mass is 16.6. The predicted molar refractivity (Wildman–Crippen MR) is 173 cm³/mol. The van der Waals surface area contributed by atoms with Gasteiger partial charge in [0, 0.05) is 34.8 Å². The van der Waals surface area contributed by atoms with Crippen molar-refractivity contribution in [2.45, 2.75) is 5.54 Å². The lowest BCUT2D eigenvalue weighted by Crippen LogP contribution is -2.37. The van der Waals surface area contributed by atoms with Gasteiger partial charge in [0.15, 0.2) is 0 Å². The molecule has 0 spiro atoms. The maximum atomic E-state index is 11.6. The summed E-state index contributed by atoms with van der Waals surface area (Å²) < 4.78 is 13.3. The SMILES string of the molecule is COc1ccc(C(c2ccccc2)(c2ccc(OC)cc2)n2c3ccncc3c3ccc(-c4ccnc([N+](=O)[O-])c4)nc32)cc1. The molecule has 4 heterocycles. The second-order valence-electron chi connectivity index (χ2n) is 10.5. The molecule has 220 valence electrons. The van der Waals surface area contributed by atoms with Gasteiger partial charge in [-0.15, -0.1) is 0 Å². The first-order chi connectivity index (χ1) is 22.0. The summed E-state index contributed by atoms with van der Waals surface area (Å²) in [6.07, 6.45) is 5.06. The van der Waals surface area contributed by atoms with Crippen molar-refractivity contribution >= 4 is 27.8 Å². The molecule has 0 bridgehead atoms. The van der Waals surface area contributed by atoms with Crippen molar-refractivity contribution in [1.29, 1.82) is 0 Å². The maximum absolute atomic E-state index is 11.6. The molecule has 9 heteroatoms. The van der Waals surface area contributed by atoms with Crippen molar-refractivity contribution < 1.29 is 14.4 Å². The number of hydrogen-bond acceptors (Lipinski definition) is 7. The fourth-order valence-electron chi connectivity index (χ4n) is 6.14. The van der Waals surface area contributed by atoms with Crippen LogP contribution < -0.4 is 9.47 Å². The summed E-state index contributed by atoms with van der Waals surface area (Å²) in [5.74, 6) is 1.23. The normalized spacial score (nSPS) is 11.5. The highest BCUT2D eigenvalue weighted by molar-refractivity contribution is 6.07. The molecule has 0 N–H and O–H groups in total. The zero-order chi connectivity index (χ0) is 31.0. The molecule has 0 aliphatic carbocycles. The minimum Gasteiger partial charge on any atom is -0.497 e. The topological polar surface area (TPSA) is 105 Å². The Hall–Kier alpha value is -6.09. The predicted octanol–water partition coefficient (Wildman–Crippen LogP) is 7.41. The number of rotatable bonds is 8. The van der Waals surface area contributed by atoms with Crippen molar-refractivity contribution in [2.24, 2.45) is 0 Å². The van der Waals surface area contributed by atoms with Crippen molar-refractivity contribution in [1.82, 2.24) is 19.5 Å². The quantitative estimate of drug-likeness (QED) is 0.103. The smallest absolute Gasteiger partial charge is 0.364 e. The van der Waals surface area contributed by atoms with E-state index in [9.17, 15) is 10.1 Å². The molecular weight excluding hydrogens is 566 g/mol. The van der Waals surface area contributed by atoms with E-state index in [0.717, 1.165) is 44.5 Å². The molecule has 0 amide bonds. The molecule has 0 unspecified atom stereocenters. The molecule has 45 heavy (non-hydrogen) atoms. The van der Waals surface area contributed by atoms with Crippen LogP contribution in [0.4, 0.5) is 5.82 Å². The molecule has 0 saturated heterocycles. The highest BCUT2D eigenvalue weighted by Gasteiger charge is 2.41. The Morgan fingerprint density at radius 1 is 0.733 bits per heavy atom. The van der Waals surface area contributed by atoms with E-state index < -0.39 is 10.5 Å². The van der Waals surface area contributed by atoms with Gasteiger partial charge in [-0.1, -0.05) is 54.6 Å². The molecule has 7 aromatic rings. The lowest BCUT2D eigenvalue weighted by atomic mass is 9.76. The van der Waals surface area contributed by atoms with Crippen LogP contribution in [-0.4, -0.2) is 38.7 Å². The molecule has 0 fully saturated rings. The Labute approximate surface area is 258 Å². The van der Waals surface area contributed by atoms with Gasteiger partial charge in [-0.25, -0.2) is 4.98 Å². The zero-order valence-corrected chi connectivity index (χ0v) is 24.5. The van der Waals surface area contributed by atoms with E-state index in [4.69, 9.17) is 14.5 Å². The summed E-state index contributed by atoms with van der Waals surface area (Å²) in [4.78, 5) is 24.7. The number of nitrogens with zero attached hydrogens (tertiary/aromatic N) is 5. The molecule has 4 aromatic heterocycles. The summed E-state index contributed by atoms with van der Waals surface area (Å²) in [5.41, 5.74) is 4.79. The number of benzene rings is 3. The first kappa shape index (κ1) is 27.7. The molecule has 7 rings (SSSR count). The van der Waals surface area contributed by atoms with E-state index >= 15 is 0 Å². The summed E-state index contributed by atoms with van der Waals surface area (Å²) in [6.45, 7) is 0. The van der Waals surface area contributed by atoms with Crippen LogP contribution >= 0.6 is 0 Å². The molecular formula is C36H27N5O4. The molecule has 0 aliphatic heterocycles. The largest absolute Gasteiger partial charge is 0.497 e. The van der Waals surface area contributed by atoms with Gasteiger partial charge in [0.2, 0.25) is 0 Å². The minimum absolute atomic E-state index is 0.241. The van der Waals surface area contributed by atoms with Crippen LogP contribution in [0.5, 0.6) is 11.5 Å². The molecule has 3 aromatic carbocycles. The van der Waals surface area contributed by atoms with Gasteiger partial charge < -0.3 is 24.2 Å². The van der Waals surface area contributed by atoms with Crippen molar-refractivity contribution in [3.05, 3.63) is 155 Å². The maximum Gasteiger partial charge on any atom is 0.364 e. The molecule has 0 aliphatic rings. The van der Waals surface area contributed by atoms with Crippen molar-refractivity contribution in [3.63, 3.8) is 0 Å². The Morgan fingerprint density at radius 2 is 1.38 bits per heavy atom. The van der Waals surface area contributed by atoms with Gasteiger partial charge in [-0.05, 0) is 75.1 Å². The van der Waals surface area contributed by atoms with E-state index in [1.165, 1.54) is 12.3 Å². The zero-order valence-electron chi connectivity index (χ0n) is 24.5. The molecule has 0 saturated carbocycles. The Balaban J connectivity index is 1.65. The lowest BCUT2D eigenvalue weighted by molar-refractivity contribution is -0.389. The number of aromatic nitrogens is 4. The third-order valence-corrected chi connectivity index (χ3v) is 8.19. The van der Waals surface area contributed by atoms with Crippen LogP contribution in [0.2, 0.25) is 0 Å². The average molecular weight is 594 g/mol. The van der Waals surface area contributed by atoms with Gasteiger partial charge in [-0.3, -0.25) is 4.98 Å². The van der Waals surface area contributed by atoms with Gasteiger partial charge in [0.1, 0.15) is 28.9 Å². The number of hydrogen-bond donors (Lipinski definition) is 0. The van der Waals surface area contributed by atoms with Crippen LogP contribution in [0, 0.1) is 10.1 Å².